The molecule has 0 spiro atoms. The van der Waals surface area contributed by atoms with Gasteiger partial charge in [0.2, 0.25) is 17.7 Å². The van der Waals surface area contributed by atoms with Crippen molar-refractivity contribution in [3.05, 3.63) is 66.5 Å². The zero-order valence-corrected chi connectivity index (χ0v) is 22.5. The van der Waals surface area contributed by atoms with Gasteiger partial charge in [0.05, 0.1) is 29.6 Å². The fraction of sp³-hybridized carbons (Fsp3) is 0.286. The van der Waals surface area contributed by atoms with E-state index in [-0.39, 0.29) is 18.6 Å². The van der Waals surface area contributed by atoms with Crippen molar-refractivity contribution in [1.82, 2.24) is 39.6 Å². The number of nitrogens with one attached hydrogen (secondary N) is 3. The van der Waals surface area contributed by atoms with E-state index in [4.69, 9.17) is 9.72 Å². The first-order valence-electron chi connectivity index (χ1n) is 13.1. The second-order valence-corrected chi connectivity index (χ2v) is 9.93. The number of rotatable bonds is 8. The smallest absolute Gasteiger partial charge is 0.238 e. The Hall–Kier alpha value is -4.84. The molecule has 5 aromatic rings. The number of hydrogen-bond acceptors (Lipinski definition) is 9. The average molecular weight is 539 g/mol. The fourth-order valence-corrected chi connectivity index (χ4v) is 4.91. The zero-order valence-electron chi connectivity index (χ0n) is 22.5. The van der Waals surface area contributed by atoms with Gasteiger partial charge < -0.3 is 20.4 Å². The van der Waals surface area contributed by atoms with E-state index in [1.54, 1.807) is 29.5 Å². The normalized spacial score (nSPS) is 15.4. The van der Waals surface area contributed by atoms with E-state index in [1.165, 1.54) is 0 Å². The molecule has 0 saturated carbocycles. The number of hydrogen-bond donors (Lipinski definition) is 3. The van der Waals surface area contributed by atoms with Crippen LogP contribution >= 0.6 is 0 Å². The first-order valence-corrected chi connectivity index (χ1v) is 13.1. The maximum Gasteiger partial charge on any atom is 0.238 e. The van der Waals surface area contributed by atoms with Crippen LogP contribution in [0.2, 0.25) is 0 Å². The van der Waals surface area contributed by atoms with Gasteiger partial charge in [-0.2, -0.15) is 5.10 Å². The molecule has 40 heavy (non-hydrogen) atoms. The number of aryl methyl sites for hydroxylation is 3. The molecule has 12 heteroatoms. The number of ether oxygens (including phenoxy) is 1. The van der Waals surface area contributed by atoms with Gasteiger partial charge in [0.15, 0.2) is 5.82 Å². The molecule has 6 rings (SSSR count). The molecule has 1 aromatic carbocycles. The Morgan fingerprint density at radius 2 is 2.10 bits per heavy atom. The Morgan fingerprint density at radius 1 is 1.20 bits per heavy atom. The van der Waals surface area contributed by atoms with E-state index in [1.807, 2.05) is 51.4 Å². The van der Waals surface area contributed by atoms with Gasteiger partial charge in [-0.1, -0.05) is 12.1 Å². The zero-order chi connectivity index (χ0) is 27.6. The SMILES string of the molecule is Cc1cnc(Nc2cc(C)n(C)n2)nc1-c1c[nH]c2c(NC(=O)CN3CCC(Oc4cnccn4)C3)cccc12. The quantitative estimate of drug-likeness (QED) is 0.270. The molecule has 1 fully saturated rings. The summed E-state index contributed by atoms with van der Waals surface area (Å²) in [6.07, 6.45) is 9.33. The number of carbonyl (C=O) groups excluding carboxylic acids is 1. The molecule has 0 radical (unpaired) electrons. The van der Waals surface area contributed by atoms with E-state index < -0.39 is 0 Å². The number of aromatic nitrogens is 7. The molecule has 4 aromatic heterocycles. The van der Waals surface area contributed by atoms with Crippen LogP contribution in [-0.2, 0) is 11.8 Å². The highest BCUT2D eigenvalue weighted by molar-refractivity contribution is 6.06. The van der Waals surface area contributed by atoms with Crippen LogP contribution in [-0.4, -0.2) is 71.2 Å². The summed E-state index contributed by atoms with van der Waals surface area (Å²) >= 11 is 0. The Bertz CT molecular complexity index is 1640. The van der Waals surface area contributed by atoms with Crippen LogP contribution in [0.3, 0.4) is 0 Å². The van der Waals surface area contributed by atoms with Crippen LogP contribution < -0.4 is 15.4 Å². The van der Waals surface area contributed by atoms with Gasteiger partial charge >= 0.3 is 0 Å². The van der Waals surface area contributed by atoms with Gasteiger partial charge in [0, 0.05) is 67.6 Å². The number of aromatic amines is 1. The summed E-state index contributed by atoms with van der Waals surface area (Å²) in [6.45, 7) is 5.67. The van der Waals surface area contributed by atoms with Crippen molar-refractivity contribution in [3.8, 4) is 17.1 Å². The maximum absolute atomic E-state index is 13.0. The molecule has 1 aliphatic rings. The molecule has 1 atom stereocenters. The maximum atomic E-state index is 13.0. The van der Waals surface area contributed by atoms with Gasteiger partial charge in [-0.15, -0.1) is 0 Å². The number of para-hydroxylation sites is 1. The van der Waals surface area contributed by atoms with E-state index >= 15 is 0 Å². The van der Waals surface area contributed by atoms with Gasteiger partial charge in [0.25, 0.3) is 0 Å². The number of likely N-dealkylation sites (tertiary alicyclic amines) is 1. The average Bonchev–Trinajstić information content (AvgIpc) is 3.65. The van der Waals surface area contributed by atoms with Crippen LogP contribution in [0.15, 0.2) is 55.2 Å². The first kappa shape index (κ1) is 25.4. The lowest BCUT2D eigenvalue weighted by atomic mass is 10.1. The van der Waals surface area contributed by atoms with Crippen LogP contribution in [0, 0.1) is 13.8 Å². The summed E-state index contributed by atoms with van der Waals surface area (Å²) in [6, 6.07) is 7.79. The lowest BCUT2D eigenvalue weighted by molar-refractivity contribution is -0.117. The number of benzene rings is 1. The van der Waals surface area contributed by atoms with Crippen LogP contribution in [0.25, 0.3) is 22.2 Å². The van der Waals surface area contributed by atoms with Crippen LogP contribution in [0.5, 0.6) is 5.88 Å². The molecule has 1 unspecified atom stereocenters. The van der Waals surface area contributed by atoms with Gasteiger partial charge in [0.1, 0.15) is 6.10 Å². The second kappa shape index (κ2) is 10.7. The predicted molar refractivity (Wildman–Crippen MR) is 151 cm³/mol. The van der Waals surface area contributed by atoms with E-state index in [9.17, 15) is 4.79 Å². The standard InChI is InChI=1S/C28H30N10O2/c1-17-12-32-28(34-23-11-18(2)37(3)36-23)35-26(17)21-13-31-27-20(21)5-4-6-22(27)33-24(39)16-38-10-7-19(15-38)40-25-14-29-8-9-30-25/h4-6,8-9,11-14,19,31H,7,10,15-16H2,1-3H3,(H,33,39)(H,32,34,35,36). The summed E-state index contributed by atoms with van der Waals surface area (Å²) in [5.74, 6) is 1.56. The third-order valence-corrected chi connectivity index (χ3v) is 6.99. The molecule has 1 saturated heterocycles. The van der Waals surface area contributed by atoms with Gasteiger partial charge in [-0.3, -0.25) is 19.4 Å². The summed E-state index contributed by atoms with van der Waals surface area (Å²) in [7, 11) is 1.89. The minimum atomic E-state index is -0.0841. The van der Waals surface area contributed by atoms with Crippen molar-refractivity contribution in [2.75, 3.05) is 30.3 Å². The summed E-state index contributed by atoms with van der Waals surface area (Å²) < 4.78 is 7.69. The Kier molecular flexibility index (Phi) is 6.83. The van der Waals surface area contributed by atoms with Crippen molar-refractivity contribution in [2.24, 2.45) is 7.05 Å². The molecule has 0 aliphatic carbocycles. The molecule has 3 N–H and O–H groups in total. The third-order valence-electron chi connectivity index (χ3n) is 6.99. The Morgan fingerprint density at radius 3 is 2.90 bits per heavy atom. The Labute approximate surface area is 230 Å². The molecule has 1 amide bonds. The van der Waals surface area contributed by atoms with Crippen molar-refractivity contribution in [2.45, 2.75) is 26.4 Å². The molecular formula is C28H30N10O2. The minimum absolute atomic E-state index is 0.0175. The molecule has 5 heterocycles. The summed E-state index contributed by atoms with van der Waals surface area (Å²) in [4.78, 5) is 35.8. The molecule has 0 bridgehead atoms. The summed E-state index contributed by atoms with van der Waals surface area (Å²) in [5, 5.41) is 11.7. The molecule has 204 valence electrons. The van der Waals surface area contributed by atoms with Crippen LogP contribution in [0.1, 0.15) is 17.7 Å². The third kappa shape index (κ3) is 5.34. The molecule has 1 aliphatic heterocycles. The highest BCUT2D eigenvalue weighted by Gasteiger charge is 2.26. The van der Waals surface area contributed by atoms with Crippen molar-refractivity contribution < 1.29 is 9.53 Å². The molecule has 12 nitrogen and oxygen atoms in total. The number of carbonyl (C=O) groups is 1. The first-order chi connectivity index (χ1) is 19.4. The van der Waals surface area contributed by atoms with E-state index in [0.29, 0.717) is 29.9 Å². The van der Waals surface area contributed by atoms with Gasteiger partial charge in [-0.05, 0) is 31.9 Å². The minimum Gasteiger partial charge on any atom is -0.472 e. The summed E-state index contributed by atoms with van der Waals surface area (Å²) in [5.41, 5.74) is 5.24. The lowest BCUT2D eigenvalue weighted by Crippen LogP contribution is -2.33. The van der Waals surface area contributed by atoms with Crippen molar-refractivity contribution in [1.29, 1.82) is 0 Å². The number of amides is 1. The lowest BCUT2D eigenvalue weighted by Gasteiger charge is -2.16. The van der Waals surface area contributed by atoms with E-state index in [0.717, 1.165) is 46.4 Å². The highest BCUT2D eigenvalue weighted by Crippen LogP contribution is 2.33. The second-order valence-electron chi connectivity index (χ2n) is 9.93. The van der Waals surface area contributed by atoms with Crippen molar-refractivity contribution >= 4 is 34.3 Å². The Balaban J connectivity index is 1.15. The topological polar surface area (TPSA) is 139 Å². The van der Waals surface area contributed by atoms with E-state index in [2.05, 4.69) is 40.6 Å². The number of nitrogens with zero attached hydrogens (tertiary/aromatic N) is 7. The van der Waals surface area contributed by atoms with Crippen LogP contribution in [0.4, 0.5) is 17.5 Å². The monoisotopic (exact) mass is 538 g/mol. The number of fused-ring (bicyclic) bond motifs is 1. The van der Waals surface area contributed by atoms with Gasteiger partial charge in [-0.25, -0.2) is 15.0 Å². The predicted octanol–water partition coefficient (Wildman–Crippen LogP) is 3.60. The largest absolute Gasteiger partial charge is 0.472 e. The fourth-order valence-electron chi connectivity index (χ4n) is 4.91. The molecular weight excluding hydrogens is 508 g/mol. The highest BCUT2D eigenvalue weighted by atomic mass is 16.5. The number of H-pyrrole nitrogens is 1. The number of anilines is 3. The van der Waals surface area contributed by atoms with Crippen molar-refractivity contribution in [3.63, 3.8) is 0 Å².